The summed E-state index contributed by atoms with van der Waals surface area (Å²) in [5.41, 5.74) is 12.7. The number of nitrogens with zero attached hydrogens (tertiary/aromatic N) is 3. The molecule has 0 radical (unpaired) electrons. The Morgan fingerprint density at radius 3 is 3.00 bits per heavy atom. The van der Waals surface area contributed by atoms with Gasteiger partial charge in [-0.05, 0) is 47.9 Å². The molecule has 1 aromatic rings. The van der Waals surface area contributed by atoms with Gasteiger partial charge < -0.3 is 0 Å². The molecular formula is C14H17N3. The lowest BCUT2D eigenvalue weighted by Gasteiger charge is -2.09. The fourth-order valence-corrected chi connectivity index (χ4v) is 2.33. The molecule has 0 spiro atoms. The van der Waals surface area contributed by atoms with Crippen LogP contribution in [-0.2, 0) is 6.42 Å². The van der Waals surface area contributed by atoms with Crippen LogP contribution in [0.25, 0.3) is 16.0 Å². The summed E-state index contributed by atoms with van der Waals surface area (Å²) in [6, 6.07) is 8.67. The summed E-state index contributed by atoms with van der Waals surface area (Å²) in [5.74, 6) is 0. The topological polar surface area (TPSA) is 48.8 Å². The first-order valence-electron chi connectivity index (χ1n) is 6.16. The molecule has 2 rings (SSSR count). The molecule has 1 atom stereocenters. The summed E-state index contributed by atoms with van der Waals surface area (Å²) in [6.45, 7) is 2.07. The molecule has 0 saturated heterocycles. The van der Waals surface area contributed by atoms with Crippen molar-refractivity contribution in [2.45, 2.75) is 38.6 Å². The maximum atomic E-state index is 8.46. The average Bonchev–Trinajstić information content (AvgIpc) is 2.78. The molecule has 17 heavy (non-hydrogen) atoms. The molecule has 0 aliphatic heterocycles. The Morgan fingerprint density at radius 2 is 2.24 bits per heavy atom. The van der Waals surface area contributed by atoms with Gasteiger partial charge in [-0.1, -0.05) is 42.4 Å². The van der Waals surface area contributed by atoms with E-state index in [4.69, 9.17) is 5.53 Å². The number of rotatable bonds is 5. The first-order chi connectivity index (χ1) is 8.35. The average molecular weight is 227 g/mol. The molecule has 1 unspecified atom stereocenters. The van der Waals surface area contributed by atoms with E-state index >= 15 is 0 Å². The smallest absolute Gasteiger partial charge is 0.0374 e. The lowest BCUT2D eigenvalue weighted by Crippen LogP contribution is -2.01. The Labute approximate surface area is 102 Å². The molecule has 0 amide bonds. The molecule has 0 aromatic heterocycles. The minimum absolute atomic E-state index is 0.133. The molecule has 88 valence electrons. The summed E-state index contributed by atoms with van der Waals surface area (Å²) in [4.78, 5) is 2.90. The fourth-order valence-electron chi connectivity index (χ4n) is 2.33. The molecule has 0 heterocycles. The van der Waals surface area contributed by atoms with Gasteiger partial charge in [0.05, 0.1) is 0 Å². The third-order valence-electron chi connectivity index (χ3n) is 3.36. The minimum Gasteiger partial charge on any atom is -0.0906 e. The predicted molar refractivity (Wildman–Crippen MR) is 70.6 cm³/mol. The third-order valence-corrected chi connectivity index (χ3v) is 3.36. The van der Waals surface area contributed by atoms with Gasteiger partial charge in [0.15, 0.2) is 0 Å². The first-order valence-corrected chi connectivity index (χ1v) is 6.16. The summed E-state index contributed by atoms with van der Waals surface area (Å²) < 4.78 is 0. The van der Waals surface area contributed by atoms with Crippen LogP contribution in [0.2, 0.25) is 0 Å². The van der Waals surface area contributed by atoms with Gasteiger partial charge in [-0.3, -0.25) is 0 Å². The largest absolute Gasteiger partial charge is 0.0906 e. The monoisotopic (exact) mass is 227 g/mol. The van der Waals surface area contributed by atoms with Gasteiger partial charge in [0.2, 0.25) is 0 Å². The van der Waals surface area contributed by atoms with Gasteiger partial charge in [-0.15, -0.1) is 0 Å². The molecule has 1 aliphatic rings. The lowest BCUT2D eigenvalue weighted by atomic mass is 9.99. The molecule has 1 aliphatic carbocycles. The second-order valence-corrected chi connectivity index (χ2v) is 4.40. The Kier molecular flexibility index (Phi) is 3.84. The highest BCUT2D eigenvalue weighted by Crippen LogP contribution is 2.31. The van der Waals surface area contributed by atoms with Crippen molar-refractivity contribution in [3.63, 3.8) is 0 Å². The van der Waals surface area contributed by atoms with Crippen molar-refractivity contribution in [3.05, 3.63) is 51.9 Å². The van der Waals surface area contributed by atoms with Gasteiger partial charge in [0.1, 0.15) is 0 Å². The van der Waals surface area contributed by atoms with E-state index in [0.717, 1.165) is 25.7 Å². The molecule has 0 fully saturated rings. The highest BCUT2D eigenvalue weighted by Gasteiger charge is 2.14. The van der Waals surface area contributed by atoms with E-state index in [0.29, 0.717) is 0 Å². The van der Waals surface area contributed by atoms with Crippen molar-refractivity contribution in [3.8, 4) is 0 Å². The zero-order valence-corrected chi connectivity index (χ0v) is 10.1. The van der Waals surface area contributed by atoms with Crippen LogP contribution in [0.15, 0.2) is 35.5 Å². The Hall–Kier alpha value is -1.73. The van der Waals surface area contributed by atoms with Crippen LogP contribution in [0.5, 0.6) is 0 Å². The van der Waals surface area contributed by atoms with Crippen molar-refractivity contribution in [1.29, 1.82) is 0 Å². The summed E-state index contributed by atoms with van der Waals surface area (Å²) in [5, 5.41) is 3.81. The SMILES string of the molecule is CCC(CCC1=CCc2ccccc21)N=[N+]=[N-]. The van der Waals surface area contributed by atoms with Crippen LogP contribution >= 0.6 is 0 Å². The maximum Gasteiger partial charge on any atom is 0.0374 e. The van der Waals surface area contributed by atoms with E-state index < -0.39 is 0 Å². The van der Waals surface area contributed by atoms with Crippen LogP contribution < -0.4 is 0 Å². The maximum absolute atomic E-state index is 8.46. The molecule has 0 bridgehead atoms. The van der Waals surface area contributed by atoms with E-state index in [2.05, 4.69) is 47.3 Å². The van der Waals surface area contributed by atoms with Crippen LogP contribution in [0.3, 0.4) is 0 Å². The number of allylic oxidation sites excluding steroid dienone is 2. The van der Waals surface area contributed by atoms with E-state index in [1.807, 2.05) is 0 Å². The summed E-state index contributed by atoms with van der Waals surface area (Å²) in [6.07, 6.45) is 6.21. The van der Waals surface area contributed by atoms with Crippen molar-refractivity contribution in [1.82, 2.24) is 0 Å². The third kappa shape index (κ3) is 2.69. The van der Waals surface area contributed by atoms with Crippen molar-refractivity contribution in [2.24, 2.45) is 5.11 Å². The predicted octanol–water partition coefficient (Wildman–Crippen LogP) is 4.50. The summed E-state index contributed by atoms with van der Waals surface area (Å²) in [7, 11) is 0. The standard InChI is InChI=1S/C14H17N3/c1-2-13(16-17-15)10-9-12-8-7-11-5-3-4-6-14(11)12/h3-6,8,13H,2,7,9-10H2,1H3. The Morgan fingerprint density at radius 1 is 1.41 bits per heavy atom. The normalized spacial score (nSPS) is 14.8. The van der Waals surface area contributed by atoms with E-state index in [-0.39, 0.29) is 6.04 Å². The molecule has 1 aromatic carbocycles. The molecule has 3 nitrogen and oxygen atoms in total. The number of azide groups is 1. The summed E-state index contributed by atoms with van der Waals surface area (Å²) >= 11 is 0. The fraction of sp³-hybridized carbons (Fsp3) is 0.429. The van der Waals surface area contributed by atoms with Gasteiger partial charge >= 0.3 is 0 Å². The van der Waals surface area contributed by atoms with E-state index in [1.54, 1.807) is 0 Å². The Bertz CT molecular complexity index is 470. The molecule has 0 saturated carbocycles. The first kappa shape index (κ1) is 11.7. The molecule has 3 heteroatoms. The minimum atomic E-state index is 0.133. The highest BCUT2D eigenvalue weighted by molar-refractivity contribution is 5.72. The number of benzene rings is 1. The highest BCUT2D eigenvalue weighted by atomic mass is 15.1. The number of fused-ring (bicyclic) bond motifs is 1. The molecular weight excluding hydrogens is 210 g/mol. The van der Waals surface area contributed by atoms with Gasteiger partial charge in [-0.2, -0.15) is 0 Å². The van der Waals surface area contributed by atoms with Crippen LogP contribution in [0.1, 0.15) is 37.3 Å². The van der Waals surface area contributed by atoms with Crippen molar-refractivity contribution >= 4 is 5.57 Å². The second-order valence-electron chi connectivity index (χ2n) is 4.40. The van der Waals surface area contributed by atoms with Gasteiger partial charge in [0, 0.05) is 11.0 Å². The van der Waals surface area contributed by atoms with E-state index in [9.17, 15) is 0 Å². The van der Waals surface area contributed by atoms with Gasteiger partial charge in [0.25, 0.3) is 0 Å². The van der Waals surface area contributed by atoms with Crippen molar-refractivity contribution in [2.75, 3.05) is 0 Å². The Balaban J connectivity index is 2.00. The van der Waals surface area contributed by atoms with Crippen LogP contribution in [0, 0.1) is 0 Å². The molecule has 0 N–H and O–H groups in total. The van der Waals surface area contributed by atoms with E-state index in [1.165, 1.54) is 16.7 Å². The second kappa shape index (κ2) is 5.55. The number of hydrogen-bond donors (Lipinski definition) is 0. The zero-order valence-electron chi connectivity index (χ0n) is 10.1. The lowest BCUT2D eigenvalue weighted by molar-refractivity contribution is 0.603. The quantitative estimate of drug-likeness (QED) is 0.404. The number of hydrogen-bond acceptors (Lipinski definition) is 1. The zero-order chi connectivity index (χ0) is 12.1. The van der Waals surface area contributed by atoms with Crippen molar-refractivity contribution < 1.29 is 0 Å². The van der Waals surface area contributed by atoms with Gasteiger partial charge in [-0.25, -0.2) is 0 Å². The van der Waals surface area contributed by atoms with Crippen LogP contribution in [0.4, 0.5) is 0 Å². The van der Waals surface area contributed by atoms with Crippen LogP contribution in [-0.4, -0.2) is 6.04 Å².